The van der Waals surface area contributed by atoms with Gasteiger partial charge in [-0.15, -0.1) is 0 Å². The van der Waals surface area contributed by atoms with Crippen LogP contribution in [0.4, 0.5) is 0 Å². The molecule has 0 bridgehead atoms. The van der Waals surface area contributed by atoms with Crippen LogP contribution in [0.1, 0.15) is 17.4 Å². The first-order valence-corrected chi connectivity index (χ1v) is 5.50. The van der Waals surface area contributed by atoms with Crippen molar-refractivity contribution in [2.45, 2.75) is 6.29 Å². The number of allylic oxidation sites excluding steroid dienone is 3. The normalized spacial score (nSPS) is 15.1. The van der Waals surface area contributed by atoms with E-state index in [1.807, 2.05) is 30.5 Å². The van der Waals surface area contributed by atoms with E-state index in [0.717, 1.165) is 17.7 Å². The van der Waals surface area contributed by atoms with Gasteiger partial charge >= 0.3 is 0 Å². The highest BCUT2D eigenvalue weighted by Gasteiger charge is 2.01. The number of hydrogen-bond acceptors (Lipinski definition) is 3. The van der Waals surface area contributed by atoms with E-state index in [4.69, 9.17) is 10.2 Å². The molecule has 0 aromatic heterocycles. The molecule has 88 valence electrons. The summed E-state index contributed by atoms with van der Waals surface area (Å²) in [6.45, 7) is 0.839. The standard InChI is InChI=1S/C14H15NO2/c16-14(17)13-3-1-2-12(10-13)5-4-11-6-8-15-9-7-11/h1-8,10,14-17H,9H2. The summed E-state index contributed by atoms with van der Waals surface area (Å²) >= 11 is 0. The molecule has 1 aromatic carbocycles. The van der Waals surface area contributed by atoms with Gasteiger partial charge in [0.15, 0.2) is 6.29 Å². The van der Waals surface area contributed by atoms with Crippen molar-refractivity contribution >= 4 is 6.08 Å². The van der Waals surface area contributed by atoms with Crippen molar-refractivity contribution in [1.29, 1.82) is 0 Å². The van der Waals surface area contributed by atoms with Crippen molar-refractivity contribution in [2.24, 2.45) is 0 Å². The lowest BCUT2D eigenvalue weighted by molar-refractivity contribution is -0.0424. The highest BCUT2D eigenvalue weighted by molar-refractivity contribution is 5.55. The van der Waals surface area contributed by atoms with Gasteiger partial charge in [0.25, 0.3) is 0 Å². The Kier molecular flexibility index (Phi) is 3.75. The van der Waals surface area contributed by atoms with E-state index >= 15 is 0 Å². The van der Waals surface area contributed by atoms with Crippen LogP contribution in [0.5, 0.6) is 0 Å². The van der Waals surface area contributed by atoms with Gasteiger partial charge in [0.2, 0.25) is 0 Å². The van der Waals surface area contributed by atoms with Crippen molar-refractivity contribution in [1.82, 2.24) is 5.32 Å². The molecule has 0 atom stereocenters. The van der Waals surface area contributed by atoms with Gasteiger partial charge in [0, 0.05) is 12.1 Å². The van der Waals surface area contributed by atoms with Crippen molar-refractivity contribution in [3.63, 3.8) is 0 Å². The predicted molar refractivity (Wildman–Crippen MR) is 67.9 cm³/mol. The minimum absolute atomic E-state index is 0.502. The number of benzene rings is 1. The number of rotatable bonds is 3. The highest BCUT2D eigenvalue weighted by atomic mass is 16.5. The number of nitrogens with one attached hydrogen (secondary N) is 1. The van der Waals surface area contributed by atoms with Crippen molar-refractivity contribution in [3.05, 3.63) is 65.4 Å². The van der Waals surface area contributed by atoms with E-state index in [1.165, 1.54) is 0 Å². The smallest absolute Gasteiger partial charge is 0.178 e. The van der Waals surface area contributed by atoms with Crippen LogP contribution in [0.15, 0.2) is 54.3 Å². The van der Waals surface area contributed by atoms with Gasteiger partial charge in [-0.2, -0.15) is 0 Å². The Morgan fingerprint density at radius 1 is 1.24 bits per heavy atom. The lowest BCUT2D eigenvalue weighted by Crippen LogP contribution is -2.07. The summed E-state index contributed by atoms with van der Waals surface area (Å²) in [4.78, 5) is 0. The molecule has 1 heterocycles. The van der Waals surface area contributed by atoms with Crippen LogP contribution < -0.4 is 5.32 Å². The third-order valence-corrected chi connectivity index (χ3v) is 2.53. The van der Waals surface area contributed by atoms with Gasteiger partial charge in [0.05, 0.1) is 0 Å². The molecular weight excluding hydrogens is 214 g/mol. The Bertz CT molecular complexity index is 473. The summed E-state index contributed by atoms with van der Waals surface area (Å²) in [7, 11) is 0. The number of dihydropyridines is 1. The molecule has 1 aliphatic rings. The van der Waals surface area contributed by atoms with Gasteiger partial charge in [-0.1, -0.05) is 36.4 Å². The average molecular weight is 229 g/mol. The zero-order valence-electron chi connectivity index (χ0n) is 9.38. The zero-order valence-corrected chi connectivity index (χ0v) is 9.38. The summed E-state index contributed by atoms with van der Waals surface area (Å²) in [5.41, 5.74) is 2.59. The molecular formula is C14H15NO2. The Hall–Kier alpha value is -1.84. The topological polar surface area (TPSA) is 52.5 Å². The molecule has 0 spiro atoms. The fraction of sp³-hybridized carbons (Fsp3) is 0.143. The maximum atomic E-state index is 9.07. The first-order chi connectivity index (χ1) is 8.25. The minimum atomic E-state index is -1.42. The molecule has 0 amide bonds. The molecule has 1 aromatic rings. The first-order valence-electron chi connectivity index (χ1n) is 5.50. The maximum absolute atomic E-state index is 9.07. The van der Waals surface area contributed by atoms with Crippen molar-refractivity contribution in [3.8, 4) is 0 Å². The molecule has 0 saturated carbocycles. The zero-order chi connectivity index (χ0) is 12.1. The lowest BCUT2D eigenvalue weighted by atomic mass is 10.1. The SMILES string of the molecule is OC(O)c1cccc(C=CC2=CCNC=C2)c1. The molecule has 2 rings (SSSR count). The molecule has 3 heteroatoms. The van der Waals surface area contributed by atoms with Gasteiger partial charge in [-0.05, 0) is 29.5 Å². The summed E-state index contributed by atoms with van der Waals surface area (Å²) in [5, 5.41) is 21.2. The van der Waals surface area contributed by atoms with E-state index in [1.54, 1.807) is 18.2 Å². The average Bonchev–Trinajstić information content (AvgIpc) is 2.38. The molecule has 3 nitrogen and oxygen atoms in total. The van der Waals surface area contributed by atoms with Gasteiger partial charge < -0.3 is 15.5 Å². The van der Waals surface area contributed by atoms with Crippen LogP contribution in [0, 0.1) is 0 Å². The second kappa shape index (κ2) is 5.48. The Labute approximate surface area is 100 Å². The van der Waals surface area contributed by atoms with Crippen LogP contribution in [0.3, 0.4) is 0 Å². The van der Waals surface area contributed by atoms with Crippen molar-refractivity contribution < 1.29 is 10.2 Å². The van der Waals surface area contributed by atoms with Gasteiger partial charge in [0.1, 0.15) is 0 Å². The molecule has 17 heavy (non-hydrogen) atoms. The van der Waals surface area contributed by atoms with Crippen LogP contribution in [0.2, 0.25) is 0 Å². The summed E-state index contributed by atoms with van der Waals surface area (Å²) < 4.78 is 0. The second-order valence-electron chi connectivity index (χ2n) is 3.82. The second-order valence-corrected chi connectivity index (χ2v) is 3.82. The van der Waals surface area contributed by atoms with E-state index in [2.05, 4.69) is 11.4 Å². The summed E-state index contributed by atoms with van der Waals surface area (Å²) in [6, 6.07) is 7.17. The third kappa shape index (κ3) is 3.31. The Morgan fingerprint density at radius 3 is 2.82 bits per heavy atom. The number of hydrogen-bond donors (Lipinski definition) is 3. The molecule has 0 saturated heterocycles. The molecule has 0 fully saturated rings. The number of aliphatic hydroxyl groups is 2. The largest absolute Gasteiger partial charge is 0.387 e. The molecule has 0 aliphatic carbocycles. The maximum Gasteiger partial charge on any atom is 0.178 e. The van der Waals surface area contributed by atoms with Crippen LogP contribution in [-0.4, -0.2) is 16.8 Å². The van der Waals surface area contributed by atoms with E-state index in [9.17, 15) is 0 Å². The van der Waals surface area contributed by atoms with Crippen molar-refractivity contribution in [2.75, 3.05) is 6.54 Å². The van der Waals surface area contributed by atoms with Crippen LogP contribution in [0.25, 0.3) is 6.08 Å². The summed E-state index contributed by atoms with van der Waals surface area (Å²) in [6.07, 6.45) is 8.52. The Morgan fingerprint density at radius 2 is 2.12 bits per heavy atom. The van der Waals surface area contributed by atoms with Crippen LogP contribution in [-0.2, 0) is 0 Å². The lowest BCUT2D eigenvalue weighted by Gasteiger charge is -2.05. The van der Waals surface area contributed by atoms with Gasteiger partial charge in [-0.3, -0.25) is 0 Å². The van der Waals surface area contributed by atoms with E-state index in [0.29, 0.717) is 5.56 Å². The molecule has 0 radical (unpaired) electrons. The monoisotopic (exact) mass is 229 g/mol. The highest BCUT2D eigenvalue weighted by Crippen LogP contribution is 2.14. The quantitative estimate of drug-likeness (QED) is 0.692. The predicted octanol–water partition coefficient (Wildman–Crippen LogP) is 1.73. The number of aliphatic hydroxyl groups excluding tert-OH is 1. The molecule has 0 unspecified atom stereocenters. The fourth-order valence-corrected chi connectivity index (χ4v) is 1.61. The molecule has 3 N–H and O–H groups in total. The van der Waals surface area contributed by atoms with Gasteiger partial charge in [-0.25, -0.2) is 0 Å². The summed E-state index contributed by atoms with van der Waals surface area (Å²) in [5.74, 6) is 0. The Balaban J connectivity index is 2.13. The first kappa shape index (κ1) is 11.6. The third-order valence-electron chi connectivity index (χ3n) is 2.53. The molecule has 1 aliphatic heterocycles. The fourth-order valence-electron chi connectivity index (χ4n) is 1.61. The van der Waals surface area contributed by atoms with E-state index in [-0.39, 0.29) is 0 Å². The van der Waals surface area contributed by atoms with E-state index < -0.39 is 6.29 Å². The van der Waals surface area contributed by atoms with Crippen LogP contribution >= 0.6 is 0 Å². The minimum Gasteiger partial charge on any atom is -0.387 e.